The lowest BCUT2D eigenvalue weighted by atomic mass is 9.99. The Balaban J connectivity index is 1.41. The first-order valence-corrected chi connectivity index (χ1v) is 7.94. The quantitative estimate of drug-likeness (QED) is 0.868. The number of hydrogen-bond acceptors (Lipinski definition) is 6. The summed E-state index contributed by atoms with van der Waals surface area (Å²) < 4.78 is 17.4. The second kappa shape index (κ2) is 5.52. The molecule has 2 fully saturated rings. The molecule has 2 aromatic rings. The van der Waals surface area contributed by atoms with Crippen LogP contribution in [0.3, 0.4) is 0 Å². The SMILES string of the molecule is Cc1ccc(CN2CC[C@H]3O[C@H](c4nnc(C)o4)CC[C@H]32)o1. The van der Waals surface area contributed by atoms with Crippen LogP contribution in [0, 0.1) is 13.8 Å². The van der Waals surface area contributed by atoms with Crippen molar-refractivity contribution in [2.45, 2.75) is 57.9 Å². The Morgan fingerprint density at radius 3 is 2.77 bits per heavy atom. The van der Waals surface area contributed by atoms with Crippen LogP contribution in [-0.2, 0) is 11.3 Å². The van der Waals surface area contributed by atoms with E-state index in [9.17, 15) is 0 Å². The minimum Gasteiger partial charge on any atom is -0.465 e. The largest absolute Gasteiger partial charge is 0.465 e. The molecular formula is C16H21N3O3. The number of furan rings is 1. The molecule has 6 nitrogen and oxygen atoms in total. The average molecular weight is 303 g/mol. The molecule has 0 unspecified atom stereocenters. The maximum absolute atomic E-state index is 6.21. The van der Waals surface area contributed by atoms with Gasteiger partial charge in [-0.05, 0) is 38.3 Å². The third-order valence-corrected chi connectivity index (χ3v) is 4.63. The summed E-state index contributed by atoms with van der Waals surface area (Å²) >= 11 is 0. The van der Waals surface area contributed by atoms with E-state index in [1.165, 1.54) is 0 Å². The highest BCUT2D eigenvalue weighted by molar-refractivity contribution is 5.07. The number of likely N-dealkylation sites (tertiary alicyclic amines) is 1. The van der Waals surface area contributed by atoms with Crippen LogP contribution in [0.1, 0.15) is 48.7 Å². The average Bonchev–Trinajstić information content (AvgIpc) is 3.21. The second-order valence-corrected chi connectivity index (χ2v) is 6.24. The molecule has 2 aromatic heterocycles. The van der Waals surface area contributed by atoms with Crippen molar-refractivity contribution in [3.8, 4) is 0 Å². The lowest BCUT2D eigenvalue weighted by Gasteiger charge is -2.34. The van der Waals surface area contributed by atoms with Gasteiger partial charge in [-0.1, -0.05) is 0 Å². The van der Waals surface area contributed by atoms with Gasteiger partial charge in [0.2, 0.25) is 11.8 Å². The van der Waals surface area contributed by atoms with Crippen LogP contribution >= 0.6 is 0 Å². The molecule has 0 radical (unpaired) electrons. The molecule has 3 atom stereocenters. The van der Waals surface area contributed by atoms with Crippen LogP contribution in [0.2, 0.25) is 0 Å². The van der Waals surface area contributed by atoms with E-state index in [4.69, 9.17) is 13.6 Å². The molecule has 4 heterocycles. The van der Waals surface area contributed by atoms with Gasteiger partial charge in [0, 0.05) is 19.5 Å². The van der Waals surface area contributed by atoms with Gasteiger partial charge < -0.3 is 13.6 Å². The van der Waals surface area contributed by atoms with Gasteiger partial charge in [0.05, 0.1) is 12.6 Å². The summed E-state index contributed by atoms with van der Waals surface area (Å²) in [7, 11) is 0. The molecule has 0 saturated carbocycles. The first-order valence-electron chi connectivity index (χ1n) is 7.94. The van der Waals surface area contributed by atoms with Crippen molar-refractivity contribution >= 4 is 0 Å². The summed E-state index contributed by atoms with van der Waals surface area (Å²) in [6.07, 6.45) is 3.27. The van der Waals surface area contributed by atoms with E-state index >= 15 is 0 Å². The van der Waals surface area contributed by atoms with Gasteiger partial charge in [0.15, 0.2) is 0 Å². The molecule has 0 N–H and O–H groups in total. The predicted octanol–water partition coefficient (Wildman–Crippen LogP) is 2.77. The lowest BCUT2D eigenvalue weighted by Crippen LogP contribution is -2.40. The number of hydrogen-bond donors (Lipinski definition) is 0. The van der Waals surface area contributed by atoms with Crippen molar-refractivity contribution in [2.24, 2.45) is 0 Å². The molecule has 6 heteroatoms. The Morgan fingerprint density at radius 1 is 1.14 bits per heavy atom. The third kappa shape index (κ3) is 2.57. The van der Waals surface area contributed by atoms with Gasteiger partial charge >= 0.3 is 0 Å². The molecule has 22 heavy (non-hydrogen) atoms. The fourth-order valence-electron chi connectivity index (χ4n) is 3.61. The van der Waals surface area contributed by atoms with Crippen LogP contribution in [0.15, 0.2) is 21.0 Å². The molecule has 0 aromatic carbocycles. The van der Waals surface area contributed by atoms with Crippen molar-refractivity contribution < 1.29 is 13.6 Å². The van der Waals surface area contributed by atoms with Gasteiger partial charge in [0.1, 0.15) is 17.6 Å². The van der Waals surface area contributed by atoms with E-state index in [0.29, 0.717) is 17.8 Å². The standard InChI is InChI=1S/C16H21N3O3/c1-10-3-4-12(20-10)9-19-8-7-14-13(19)5-6-15(22-14)16-18-17-11(2)21-16/h3-4,13-15H,5-9H2,1-2H3/t13-,14-,15+/m1/s1. The van der Waals surface area contributed by atoms with Crippen molar-refractivity contribution in [2.75, 3.05) is 6.54 Å². The maximum atomic E-state index is 6.21. The topological polar surface area (TPSA) is 64.5 Å². The van der Waals surface area contributed by atoms with E-state index in [1.807, 2.05) is 19.9 Å². The van der Waals surface area contributed by atoms with Crippen molar-refractivity contribution in [3.63, 3.8) is 0 Å². The highest BCUT2D eigenvalue weighted by atomic mass is 16.5. The van der Waals surface area contributed by atoms with E-state index in [1.54, 1.807) is 0 Å². The monoisotopic (exact) mass is 303 g/mol. The molecule has 0 bridgehead atoms. The van der Waals surface area contributed by atoms with Crippen molar-refractivity contribution in [3.05, 3.63) is 35.4 Å². The fourth-order valence-corrected chi connectivity index (χ4v) is 3.61. The van der Waals surface area contributed by atoms with Gasteiger partial charge in [0.25, 0.3) is 0 Å². The number of aromatic nitrogens is 2. The Bertz CT molecular complexity index is 651. The fraction of sp³-hybridized carbons (Fsp3) is 0.625. The highest BCUT2D eigenvalue weighted by Gasteiger charge is 2.41. The summed E-state index contributed by atoms with van der Waals surface area (Å²) in [4.78, 5) is 2.47. The molecular weight excluding hydrogens is 282 g/mol. The predicted molar refractivity (Wildman–Crippen MR) is 78.1 cm³/mol. The Kier molecular flexibility index (Phi) is 3.50. The van der Waals surface area contributed by atoms with Crippen LogP contribution in [0.4, 0.5) is 0 Å². The number of ether oxygens (including phenoxy) is 1. The first-order chi connectivity index (χ1) is 10.7. The highest BCUT2D eigenvalue weighted by Crippen LogP contribution is 2.38. The minimum absolute atomic E-state index is 0.0479. The van der Waals surface area contributed by atoms with Gasteiger partial charge in [-0.25, -0.2) is 0 Å². The summed E-state index contributed by atoms with van der Waals surface area (Å²) in [5.74, 6) is 3.23. The summed E-state index contributed by atoms with van der Waals surface area (Å²) in [5, 5.41) is 8.00. The molecule has 0 aliphatic carbocycles. The number of rotatable bonds is 3. The molecule has 2 aliphatic heterocycles. The molecule has 2 aliphatic rings. The smallest absolute Gasteiger partial charge is 0.245 e. The summed E-state index contributed by atoms with van der Waals surface area (Å²) in [5.41, 5.74) is 0. The lowest BCUT2D eigenvalue weighted by molar-refractivity contribution is -0.0822. The first kappa shape index (κ1) is 14.0. The zero-order chi connectivity index (χ0) is 15.1. The number of aryl methyl sites for hydroxylation is 2. The van der Waals surface area contributed by atoms with Gasteiger partial charge in [-0.2, -0.15) is 0 Å². The van der Waals surface area contributed by atoms with E-state index < -0.39 is 0 Å². The van der Waals surface area contributed by atoms with Crippen LogP contribution in [0.5, 0.6) is 0 Å². The summed E-state index contributed by atoms with van der Waals surface area (Å²) in [6, 6.07) is 4.55. The molecule has 0 spiro atoms. The third-order valence-electron chi connectivity index (χ3n) is 4.63. The van der Waals surface area contributed by atoms with E-state index in [0.717, 1.165) is 43.9 Å². The molecule has 2 saturated heterocycles. The molecule has 0 amide bonds. The zero-order valence-corrected chi connectivity index (χ0v) is 13.0. The minimum atomic E-state index is -0.0479. The van der Waals surface area contributed by atoms with E-state index in [-0.39, 0.29) is 12.2 Å². The second-order valence-electron chi connectivity index (χ2n) is 6.24. The Morgan fingerprint density at radius 2 is 2.05 bits per heavy atom. The maximum Gasteiger partial charge on any atom is 0.245 e. The normalized spacial score (nSPS) is 28.9. The Hall–Kier alpha value is -1.66. The van der Waals surface area contributed by atoms with Crippen molar-refractivity contribution in [1.82, 2.24) is 15.1 Å². The summed E-state index contributed by atoms with van der Waals surface area (Å²) in [6.45, 7) is 5.70. The zero-order valence-electron chi connectivity index (χ0n) is 13.0. The van der Waals surface area contributed by atoms with E-state index in [2.05, 4.69) is 21.2 Å². The van der Waals surface area contributed by atoms with Crippen LogP contribution in [0.25, 0.3) is 0 Å². The number of nitrogens with zero attached hydrogens (tertiary/aromatic N) is 3. The van der Waals surface area contributed by atoms with Gasteiger partial charge in [-0.3, -0.25) is 4.90 Å². The molecule has 4 rings (SSSR count). The van der Waals surface area contributed by atoms with Crippen LogP contribution in [-0.4, -0.2) is 33.8 Å². The van der Waals surface area contributed by atoms with Crippen molar-refractivity contribution in [1.29, 1.82) is 0 Å². The van der Waals surface area contributed by atoms with Crippen LogP contribution < -0.4 is 0 Å². The number of fused-ring (bicyclic) bond motifs is 1. The molecule has 118 valence electrons. The Labute approximate surface area is 129 Å². The van der Waals surface area contributed by atoms with Gasteiger partial charge in [-0.15, -0.1) is 10.2 Å².